The number of halogens is 2. The van der Waals surface area contributed by atoms with Crippen molar-refractivity contribution < 1.29 is 9.53 Å². The standard InChI is InChI=1S/C15H16BrIN2O2/c1-15(2,3)13-11(17)12(14(20)21-4)18-19(13)10-8-6-5-7-9(10)16/h5-8H,1-4H3. The molecule has 0 bridgehead atoms. The SMILES string of the molecule is COC(=O)c1nn(-c2ccccc2Br)c(C(C)(C)C)c1I. The van der Waals surface area contributed by atoms with Gasteiger partial charge in [-0.3, -0.25) is 0 Å². The molecule has 21 heavy (non-hydrogen) atoms. The van der Waals surface area contributed by atoms with Gasteiger partial charge in [0.2, 0.25) is 0 Å². The predicted molar refractivity (Wildman–Crippen MR) is 94.0 cm³/mol. The molecular weight excluding hydrogens is 447 g/mol. The van der Waals surface area contributed by atoms with E-state index in [0.29, 0.717) is 5.69 Å². The molecule has 4 nitrogen and oxygen atoms in total. The minimum absolute atomic E-state index is 0.162. The van der Waals surface area contributed by atoms with Crippen LogP contribution in [0, 0.1) is 3.57 Å². The second-order valence-electron chi connectivity index (χ2n) is 5.62. The Morgan fingerprint density at radius 1 is 1.33 bits per heavy atom. The third-order valence-electron chi connectivity index (χ3n) is 3.00. The molecule has 0 amide bonds. The van der Waals surface area contributed by atoms with Crippen LogP contribution in [0.1, 0.15) is 37.0 Å². The molecule has 0 aliphatic carbocycles. The maximum absolute atomic E-state index is 11.9. The molecule has 0 aliphatic heterocycles. The Bertz CT molecular complexity index is 689. The van der Waals surface area contributed by atoms with Crippen molar-refractivity contribution in [1.29, 1.82) is 0 Å². The fraction of sp³-hybridized carbons (Fsp3) is 0.333. The molecule has 1 aromatic heterocycles. The summed E-state index contributed by atoms with van der Waals surface area (Å²) in [6, 6.07) is 7.80. The van der Waals surface area contributed by atoms with Crippen LogP contribution in [0.25, 0.3) is 5.69 Å². The number of carbonyl (C=O) groups is 1. The van der Waals surface area contributed by atoms with Crippen molar-refractivity contribution in [2.45, 2.75) is 26.2 Å². The van der Waals surface area contributed by atoms with Crippen LogP contribution in [0.4, 0.5) is 0 Å². The van der Waals surface area contributed by atoms with Gasteiger partial charge in [-0.25, -0.2) is 9.48 Å². The summed E-state index contributed by atoms with van der Waals surface area (Å²) < 4.78 is 8.39. The van der Waals surface area contributed by atoms with Gasteiger partial charge in [-0.05, 0) is 50.7 Å². The summed E-state index contributed by atoms with van der Waals surface area (Å²) in [6.45, 7) is 6.29. The summed E-state index contributed by atoms with van der Waals surface area (Å²) >= 11 is 5.71. The van der Waals surface area contributed by atoms with E-state index in [4.69, 9.17) is 4.74 Å². The highest BCUT2D eigenvalue weighted by Gasteiger charge is 2.30. The van der Waals surface area contributed by atoms with Crippen LogP contribution in [0.2, 0.25) is 0 Å². The van der Waals surface area contributed by atoms with Crippen molar-refractivity contribution in [3.8, 4) is 5.69 Å². The number of nitrogens with zero attached hydrogens (tertiary/aromatic N) is 2. The van der Waals surface area contributed by atoms with Gasteiger partial charge in [0.1, 0.15) is 0 Å². The third kappa shape index (κ3) is 3.15. The third-order valence-corrected chi connectivity index (χ3v) is 4.69. The molecule has 0 N–H and O–H groups in total. The maximum atomic E-state index is 11.9. The molecule has 0 unspecified atom stereocenters. The summed E-state index contributed by atoms with van der Waals surface area (Å²) in [7, 11) is 1.37. The molecule has 0 spiro atoms. The van der Waals surface area contributed by atoms with Gasteiger partial charge >= 0.3 is 5.97 Å². The minimum atomic E-state index is -0.421. The Hall–Kier alpha value is -0.890. The average molecular weight is 463 g/mol. The van der Waals surface area contributed by atoms with Gasteiger partial charge in [0, 0.05) is 9.89 Å². The minimum Gasteiger partial charge on any atom is -0.464 e. The van der Waals surface area contributed by atoms with Crippen molar-refractivity contribution in [2.24, 2.45) is 0 Å². The predicted octanol–water partition coefficient (Wildman–Crippen LogP) is 4.32. The first-order chi connectivity index (χ1) is 9.77. The van der Waals surface area contributed by atoms with Gasteiger partial charge < -0.3 is 4.74 Å². The van der Waals surface area contributed by atoms with E-state index >= 15 is 0 Å². The van der Waals surface area contributed by atoms with E-state index in [1.807, 2.05) is 28.9 Å². The van der Waals surface area contributed by atoms with E-state index in [2.05, 4.69) is 64.4 Å². The van der Waals surface area contributed by atoms with E-state index in [0.717, 1.165) is 19.4 Å². The molecule has 2 aromatic rings. The molecule has 0 aliphatic rings. The van der Waals surface area contributed by atoms with Crippen molar-refractivity contribution in [2.75, 3.05) is 7.11 Å². The summed E-state index contributed by atoms with van der Waals surface area (Å²) in [4.78, 5) is 11.9. The lowest BCUT2D eigenvalue weighted by Gasteiger charge is -2.21. The van der Waals surface area contributed by atoms with Gasteiger partial charge in [-0.1, -0.05) is 32.9 Å². The van der Waals surface area contributed by atoms with Crippen molar-refractivity contribution in [1.82, 2.24) is 9.78 Å². The second kappa shape index (κ2) is 6.08. The van der Waals surface area contributed by atoms with Gasteiger partial charge in [0.05, 0.1) is 22.1 Å². The van der Waals surface area contributed by atoms with E-state index in [-0.39, 0.29) is 5.41 Å². The molecule has 2 rings (SSSR count). The number of carbonyl (C=O) groups excluding carboxylic acids is 1. The quantitative estimate of drug-likeness (QED) is 0.493. The van der Waals surface area contributed by atoms with Crippen LogP contribution in [0.15, 0.2) is 28.7 Å². The van der Waals surface area contributed by atoms with Crippen LogP contribution in [-0.4, -0.2) is 22.9 Å². The monoisotopic (exact) mass is 462 g/mol. The Kier molecular flexibility index (Phi) is 4.77. The van der Waals surface area contributed by atoms with Crippen LogP contribution in [0.5, 0.6) is 0 Å². The molecular formula is C15H16BrIN2O2. The zero-order valence-corrected chi connectivity index (χ0v) is 16.0. The van der Waals surface area contributed by atoms with Gasteiger partial charge in [0.25, 0.3) is 0 Å². The molecule has 6 heteroatoms. The van der Waals surface area contributed by atoms with E-state index in [1.165, 1.54) is 7.11 Å². The molecule has 0 fully saturated rings. The van der Waals surface area contributed by atoms with Crippen molar-refractivity contribution in [3.05, 3.63) is 43.7 Å². The fourth-order valence-electron chi connectivity index (χ4n) is 2.07. The molecule has 1 heterocycles. The van der Waals surface area contributed by atoms with E-state index < -0.39 is 5.97 Å². The summed E-state index contributed by atoms with van der Waals surface area (Å²) in [5.41, 5.74) is 2.06. The molecule has 112 valence electrons. The number of esters is 1. The normalized spacial score (nSPS) is 11.5. The molecule has 0 radical (unpaired) electrons. The lowest BCUT2D eigenvalue weighted by atomic mass is 9.91. The number of hydrogen-bond donors (Lipinski definition) is 0. The van der Waals surface area contributed by atoms with Crippen LogP contribution < -0.4 is 0 Å². The Morgan fingerprint density at radius 2 is 1.95 bits per heavy atom. The molecule has 0 saturated heterocycles. The molecule has 0 saturated carbocycles. The van der Waals surface area contributed by atoms with Crippen LogP contribution in [0.3, 0.4) is 0 Å². The summed E-state index contributed by atoms with van der Waals surface area (Å²) in [6.07, 6.45) is 0. The Morgan fingerprint density at radius 3 is 2.48 bits per heavy atom. The highest BCUT2D eigenvalue weighted by atomic mass is 127. The number of aromatic nitrogens is 2. The van der Waals surface area contributed by atoms with Gasteiger partial charge in [-0.15, -0.1) is 0 Å². The van der Waals surface area contributed by atoms with E-state index in [1.54, 1.807) is 0 Å². The Labute approximate surface area is 146 Å². The second-order valence-corrected chi connectivity index (χ2v) is 7.55. The molecule has 1 aromatic carbocycles. The highest BCUT2D eigenvalue weighted by Crippen LogP contribution is 2.33. The smallest absolute Gasteiger partial charge is 0.359 e. The lowest BCUT2D eigenvalue weighted by Crippen LogP contribution is -2.19. The first-order valence-corrected chi connectivity index (χ1v) is 8.26. The topological polar surface area (TPSA) is 44.1 Å². The number of rotatable bonds is 2. The average Bonchev–Trinajstić information content (AvgIpc) is 2.75. The van der Waals surface area contributed by atoms with Crippen molar-refractivity contribution in [3.63, 3.8) is 0 Å². The van der Waals surface area contributed by atoms with Crippen LogP contribution in [-0.2, 0) is 10.2 Å². The number of para-hydroxylation sites is 1. The van der Waals surface area contributed by atoms with Gasteiger partial charge in [-0.2, -0.15) is 5.10 Å². The highest BCUT2D eigenvalue weighted by molar-refractivity contribution is 14.1. The summed E-state index contributed by atoms with van der Waals surface area (Å²) in [5, 5.41) is 4.48. The van der Waals surface area contributed by atoms with Crippen molar-refractivity contribution >= 4 is 44.5 Å². The lowest BCUT2D eigenvalue weighted by molar-refractivity contribution is 0.0592. The Balaban J connectivity index is 2.77. The number of methoxy groups -OCH3 is 1. The van der Waals surface area contributed by atoms with E-state index in [9.17, 15) is 4.79 Å². The largest absolute Gasteiger partial charge is 0.464 e. The zero-order valence-electron chi connectivity index (χ0n) is 12.3. The number of benzene rings is 1. The maximum Gasteiger partial charge on any atom is 0.359 e. The fourth-order valence-corrected chi connectivity index (χ4v) is 3.89. The molecule has 0 atom stereocenters. The number of ether oxygens (including phenoxy) is 1. The van der Waals surface area contributed by atoms with Crippen LogP contribution >= 0.6 is 38.5 Å². The first kappa shape index (κ1) is 16.5. The summed E-state index contributed by atoms with van der Waals surface area (Å²) in [5.74, 6) is -0.421. The zero-order chi connectivity index (χ0) is 15.8. The van der Waals surface area contributed by atoms with Gasteiger partial charge in [0.15, 0.2) is 5.69 Å². The first-order valence-electron chi connectivity index (χ1n) is 6.39. The number of hydrogen-bond acceptors (Lipinski definition) is 3.